The first kappa shape index (κ1) is 12.2. The number of ether oxygens (including phenoxy) is 1. The Bertz CT molecular complexity index is 399. The minimum Gasteiger partial charge on any atom is -0.484 e. The number of hydrogen-bond donors (Lipinski definition) is 3. The molecule has 5 heteroatoms. The number of carbonyl (C=O) groups excluding carboxylic acids is 1. The maximum absolute atomic E-state index is 11.0. The van der Waals surface area contributed by atoms with E-state index in [2.05, 4.69) is 0 Å². The molecule has 0 aliphatic carbocycles. The van der Waals surface area contributed by atoms with Crippen molar-refractivity contribution in [3.05, 3.63) is 17.7 Å². The number of primary amides is 1. The van der Waals surface area contributed by atoms with E-state index < -0.39 is 11.5 Å². The molecule has 0 radical (unpaired) electrons. The Hall–Kier alpha value is -1.91. The summed E-state index contributed by atoms with van der Waals surface area (Å²) in [6, 6.07) is 2.92. The second kappa shape index (κ2) is 3.92. The fourth-order valence-corrected chi connectivity index (χ4v) is 1.24. The molecule has 0 bridgehead atoms. The van der Waals surface area contributed by atoms with Crippen molar-refractivity contribution in [3.8, 4) is 5.75 Å². The van der Waals surface area contributed by atoms with Crippen molar-refractivity contribution in [1.29, 1.82) is 0 Å². The molecule has 0 heterocycles. The van der Waals surface area contributed by atoms with Gasteiger partial charge in [-0.1, -0.05) is 0 Å². The number of nitrogen functional groups attached to an aromatic ring is 2. The lowest BCUT2D eigenvalue weighted by Crippen LogP contribution is -2.24. The second-order valence-corrected chi connectivity index (χ2v) is 4.56. The van der Waals surface area contributed by atoms with Crippen LogP contribution in [-0.2, 0) is 0 Å². The average molecular weight is 223 g/mol. The quantitative estimate of drug-likeness (QED) is 0.653. The number of hydrogen-bond acceptors (Lipinski definition) is 4. The molecule has 0 aromatic heterocycles. The largest absolute Gasteiger partial charge is 0.484 e. The normalized spacial score (nSPS) is 11.2. The summed E-state index contributed by atoms with van der Waals surface area (Å²) in [4.78, 5) is 11.0. The van der Waals surface area contributed by atoms with Gasteiger partial charge in [0.25, 0.3) is 0 Å². The molecule has 6 N–H and O–H groups in total. The number of amides is 1. The Morgan fingerprint density at radius 2 is 1.62 bits per heavy atom. The van der Waals surface area contributed by atoms with E-state index in [9.17, 15) is 4.79 Å². The van der Waals surface area contributed by atoms with Gasteiger partial charge >= 0.3 is 0 Å². The zero-order valence-corrected chi connectivity index (χ0v) is 9.70. The molecule has 88 valence electrons. The van der Waals surface area contributed by atoms with Crippen molar-refractivity contribution in [3.63, 3.8) is 0 Å². The molecule has 0 unspecified atom stereocenters. The van der Waals surface area contributed by atoms with Crippen LogP contribution in [0.5, 0.6) is 5.75 Å². The van der Waals surface area contributed by atoms with E-state index in [0.29, 0.717) is 17.1 Å². The summed E-state index contributed by atoms with van der Waals surface area (Å²) in [5.74, 6) is -0.182. The highest BCUT2D eigenvalue weighted by Crippen LogP contribution is 2.33. The van der Waals surface area contributed by atoms with Crippen molar-refractivity contribution >= 4 is 17.3 Å². The van der Waals surface area contributed by atoms with E-state index in [1.165, 1.54) is 12.1 Å². The van der Waals surface area contributed by atoms with E-state index in [1.807, 2.05) is 20.8 Å². The van der Waals surface area contributed by atoms with Crippen LogP contribution in [-0.4, -0.2) is 11.5 Å². The fraction of sp³-hybridized carbons (Fsp3) is 0.364. The predicted octanol–water partition coefficient (Wildman–Crippen LogP) is 1.13. The third kappa shape index (κ3) is 2.79. The molecule has 0 atom stereocenters. The van der Waals surface area contributed by atoms with Crippen molar-refractivity contribution < 1.29 is 9.53 Å². The standard InChI is InChI=1S/C11H17N3O2/c1-11(2,3)16-9-7(12)4-6(10(14)15)5-8(9)13/h4-5H,12-13H2,1-3H3,(H2,14,15). The minimum atomic E-state index is -0.569. The summed E-state index contributed by atoms with van der Waals surface area (Å²) < 4.78 is 5.60. The Kier molecular flexibility index (Phi) is 2.98. The van der Waals surface area contributed by atoms with E-state index in [1.54, 1.807) is 0 Å². The van der Waals surface area contributed by atoms with Crippen LogP contribution in [0.15, 0.2) is 12.1 Å². The number of benzene rings is 1. The van der Waals surface area contributed by atoms with Crippen LogP contribution in [0.2, 0.25) is 0 Å². The second-order valence-electron chi connectivity index (χ2n) is 4.56. The van der Waals surface area contributed by atoms with E-state index in [0.717, 1.165) is 0 Å². The summed E-state index contributed by atoms with van der Waals surface area (Å²) in [5.41, 5.74) is 17.1. The fourth-order valence-electron chi connectivity index (χ4n) is 1.24. The lowest BCUT2D eigenvalue weighted by atomic mass is 10.1. The average Bonchev–Trinajstić information content (AvgIpc) is 2.09. The highest BCUT2D eigenvalue weighted by atomic mass is 16.5. The highest BCUT2D eigenvalue weighted by molar-refractivity contribution is 5.96. The van der Waals surface area contributed by atoms with Crippen LogP contribution in [0.1, 0.15) is 31.1 Å². The Labute approximate surface area is 94.6 Å². The van der Waals surface area contributed by atoms with Crippen molar-refractivity contribution in [2.75, 3.05) is 11.5 Å². The van der Waals surface area contributed by atoms with Gasteiger partial charge in [0, 0.05) is 5.56 Å². The molecular formula is C11H17N3O2. The first-order valence-electron chi connectivity index (χ1n) is 4.88. The predicted molar refractivity (Wildman–Crippen MR) is 64.2 cm³/mol. The first-order chi connectivity index (χ1) is 7.20. The molecule has 16 heavy (non-hydrogen) atoms. The number of rotatable bonds is 2. The smallest absolute Gasteiger partial charge is 0.248 e. The van der Waals surface area contributed by atoms with Crippen LogP contribution in [0.4, 0.5) is 11.4 Å². The molecule has 5 nitrogen and oxygen atoms in total. The van der Waals surface area contributed by atoms with Gasteiger partial charge in [0.1, 0.15) is 5.60 Å². The van der Waals surface area contributed by atoms with Crippen molar-refractivity contribution in [2.24, 2.45) is 5.73 Å². The number of nitrogens with two attached hydrogens (primary N) is 3. The van der Waals surface area contributed by atoms with Gasteiger partial charge in [-0.15, -0.1) is 0 Å². The lowest BCUT2D eigenvalue weighted by molar-refractivity contribution is 0.100. The van der Waals surface area contributed by atoms with E-state index in [-0.39, 0.29) is 5.56 Å². The maximum Gasteiger partial charge on any atom is 0.248 e. The molecule has 0 aliphatic heterocycles. The number of carbonyl (C=O) groups is 1. The van der Waals surface area contributed by atoms with Crippen LogP contribution in [0.3, 0.4) is 0 Å². The molecule has 0 fully saturated rings. The molecule has 1 aromatic rings. The summed E-state index contributed by atoms with van der Waals surface area (Å²) in [7, 11) is 0. The van der Waals surface area contributed by atoms with Gasteiger partial charge in [-0.3, -0.25) is 4.79 Å². The summed E-state index contributed by atoms with van der Waals surface area (Å²) >= 11 is 0. The Balaban J connectivity index is 3.18. The van der Waals surface area contributed by atoms with Gasteiger partial charge in [-0.05, 0) is 32.9 Å². The van der Waals surface area contributed by atoms with Gasteiger partial charge < -0.3 is 21.9 Å². The lowest BCUT2D eigenvalue weighted by Gasteiger charge is -2.23. The third-order valence-corrected chi connectivity index (χ3v) is 1.84. The molecule has 1 rings (SSSR count). The SMILES string of the molecule is CC(C)(C)Oc1c(N)cc(C(N)=O)cc1N. The minimum absolute atomic E-state index is 0.274. The van der Waals surface area contributed by atoms with Crippen LogP contribution in [0.25, 0.3) is 0 Å². The first-order valence-corrected chi connectivity index (χ1v) is 4.88. The third-order valence-electron chi connectivity index (χ3n) is 1.84. The molecule has 1 aromatic carbocycles. The molecular weight excluding hydrogens is 206 g/mol. The topological polar surface area (TPSA) is 104 Å². The molecule has 0 aliphatic rings. The summed E-state index contributed by atoms with van der Waals surface area (Å²) in [5, 5.41) is 0. The van der Waals surface area contributed by atoms with Crippen molar-refractivity contribution in [2.45, 2.75) is 26.4 Å². The maximum atomic E-state index is 11.0. The van der Waals surface area contributed by atoms with Crippen molar-refractivity contribution in [1.82, 2.24) is 0 Å². The molecule has 1 amide bonds. The summed E-state index contributed by atoms with van der Waals surface area (Å²) in [6.45, 7) is 5.65. The monoisotopic (exact) mass is 223 g/mol. The van der Waals surface area contributed by atoms with Gasteiger partial charge in [-0.25, -0.2) is 0 Å². The van der Waals surface area contributed by atoms with Gasteiger partial charge in [0.15, 0.2) is 5.75 Å². The van der Waals surface area contributed by atoms with Gasteiger partial charge in [0.2, 0.25) is 5.91 Å². The molecule has 0 saturated carbocycles. The Morgan fingerprint density at radius 1 is 1.19 bits per heavy atom. The zero-order chi connectivity index (χ0) is 12.5. The zero-order valence-electron chi connectivity index (χ0n) is 9.70. The van der Waals surface area contributed by atoms with Gasteiger partial charge in [0.05, 0.1) is 11.4 Å². The van der Waals surface area contributed by atoms with E-state index >= 15 is 0 Å². The highest BCUT2D eigenvalue weighted by Gasteiger charge is 2.17. The van der Waals surface area contributed by atoms with Crippen LogP contribution >= 0.6 is 0 Å². The summed E-state index contributed by atoms with van der Waals surface area (Å²) in [6.07, 6.45) is 0. The molecule has 0 spiro atoms. The Morgan fingerprint density at radius 3 is 1.94 bits per heavy atom. The van der Waals surface area contributed by atoms with Crippen LogP contribution < -0.4 is 21.9 Å². The van der Waals surface area contributed by atoms with Gasteiger partial charge in [-0.2, -0.15) is 0 Å². The number of anilines is 2. The molecule has 0 saturated heterocycles. The van der Waals surface area contributed by atoms with E-state index in [4.69, 9.17) is 21.9 Å². The van der Waals surface area contributed by atoms with Crippen LogP contribution in [0, 0.1) is 0 Å².